The van der Waals surface area contributed by atoms with E-state index in [4.69, 9.17) is 20.7 Å². The molecule has 1 unspecified atom stereocenters. The summed E-state index contributed by atoms with van der Waals surface area (Å²) in [5.74, 6) is -3.11. The van der Waals surface area contributed by atoms with Gasteiger partial charge < -0.3 is 41.6 Å². The van der Waals surface area contributed by atoms with Gasteiger partial charge >= 0.3 is 6.16 Å². The van der Waals surface area contributed by atoms with Gasteiger partial charge in [0.05, 0.1) is 19.2 Å². The maximum Gasteiger partial charge on any atom is 0.509 e. The minimum absolute atomic E-state index is 0.0261. The zero-order valence-electron chi connectivity index (χ0n) is 40.1. The fourth-order valence-electron chi connectivity index (χ4n) is 7.13. The Hall–Kier alpha value is -5.94. The van der Waals surface area contributed by atoms with E-state index in [9.17, 15) is 33.9 Å². The molecule has 0 heterocycles. The Morgan fingerprint density at radius 1 is 0.803 bits per heavy atom. The van der Waals surface area contributed by atoms with Crippen molar-refractivity contribution >= 4 is 35.6 Å². The van der Waals surface area contributed by atoms with E-state index in [1.807, 2.05) is 88.9 Å². The SMILES string of the molecule is C/C=C(/CC)CN(CCO)CC(=O)N[C@@H](CCc1ccccc1)C(=O)N[C@@H](CC(C)C)C(=O)N[C@@H](Cc1ccccc1)C(=O)N[C@@H](CC(C)C)C(=O)C(C)(CC)OC(=O)OC/C(=C/N)N=N. The van der Waals surface area contributed by atoms with E-state index in [-0.39, 0.29) is 69.3 Å². The van der Waals surface area contributed by atoms with Gasteiger partial charge in [-0.2, -0.15) is 5.11 Å². The number of hydrogen-bond acceptors (Lipinski definition) is 13. The Morgan fingerprint density at radius 2 is 1.35 bits per heavy atom. The summed E-state index contributed by atoms with van der Waals surface area (Å²) >= 11 is 0. The number of amides is 4. The largest absolute Gasteiger partial charge is 0.509 e. The van der Waals surface area contributed by atoms with Crippen LogP contribution in [0.5, 0.6) is 0 Å². The van der Waals surface area contributed by atoms with E-state index in [2.05, 4.69) is 26.4 Å². The van der Waals surface area contributed by atoms with Crippen LogP contribution in [0.15, 0.2) is 89.3 Å². The molecule has 0 bridgehead atoms. The van der Waals surface area contributed by atoms with E-state index >= 15 is 0 Å². The molecule has 4 amide bonds. The third-order valence-corrected chi connectivity index (χ3v) is 11.1. The predicted molar refractivity (Wildman–Crippen MR) is 253 cm³/mol. The lowest BCUT2D eigenvalue weighted by molar-refractivity contribution is -0.144. The molecule has 2 aromatic rings. The molecule has 0 spiro atoms. The quantitative estimate of drug-likeness (QED) is 0.0302. The highest BCUT2D eigenvalue weighted by atomic mass is 16.7. The maximum absolute atomic E-state index is 14.4. The maximum atomic E-state index is 14.4. The topological polar surface area (TPSA) is 255 Å². The van der Waals surface area contributed by atoms with Crippen LogP contribution in [0.2, 0.25) is 0 Å². The zero-order chi connectivity index (χ0) is 49.2. The van der Waals surface area contributed by atoms with Crippen molar-refractivity contribution in [3.05, 3.63) is 95.3 Å². The molecule has 17 heteroatoms. The molecule has 0 aliphatic carbocycles. The number of hydrogen-bond donors (Lipinski definition) is 7. The van der Waals surface area contributed by atoms with Crippen molar-refractivity contribution in [3.63, 3.8) is 0 Å². The molecule has 8 N–H and O–H groups in total. The number of ketones is 1. The predicted octanol–water partition coefficient (Wildman–Crippen LogP) is 5.27. The second kappa shape index (κ2) is 29.6. The number of carbonyl (C=O) groups excluding carboxylic acids is 6. The van der Waals surface area contributed by atoms with Crippen LogP contribution in [0.4, 0.5) is 4.79 Å². The Balaban J connectivity index is 2.45. The molecule has 17 nitrogen and oxygen atoms in total. The molecule has 0 saturated heterocycles. The van der Waals surface area contributed by atoms with Gasteiger partial charge in [0.15, 0.2) is 11.4 Å². The summed E-state index contributed by atoms with van der Waals surface area (Å²) in [6, 6.07) is 14.0. The molecule has 2 aromatic carbocycles. The summed E-state index contributed by atoms with van der Waals surface area (Å²) in [6.07, 6.45) is 3.65. The van der Waals surface area contributed by atoms with Gasteiger partial charge in [-0.1, -0.05) is 114 Å². The number of allylic oxidation sites excluding steroid dienone is 1. The van der Waals surface area contributed by atoms with Crippen molar-refractivity contribution in [2.24, 2.45) is 22.7 Å². The normalized spacial score (nSPS) is 14.6. The average molecular weight is 919 g/mol. The van der Waals surface area contributed by atoms with Gasteiger partial charge in [-0.3, -0.25) is 28.9 Å². The van der Waals surface area contributed by atoms with Crippen molar-refractivity contribution < 1.29 is 43.3 Å². The summed E-state index contributed by atoms with van der Waals surface area (Å²) in [5.41, 5.74) is 13.5. The van der Waals surface area contributed by atoms with Crippen LogP contribution >= 0.6 is 0 Å². The molecule has 0 radical (unpaired) electrons. The number of nitrogens with zero attached hydrogens (tertiary/aromatic N) is 2. The van der Waals surface area contributed by atoms with Gasteiger partial charge in [0.25, 0.3) is 0 Å². The van der Waals surface area contributed by atoms with Gasteiger partial charge in [0.2, 0.25) is 23.6 Å². The van der Waals surface area contributed by atoms with Crippen LogP contribution in [0.1, 0.15) is 98.6 Å². The molecule has 0 fully saturated rings. The van der Waals surface area contributed by atoms with Gasteiger partial charge in [-0.15, -0.1) is 0 Å². The minimum Gasteiger partial charge on any atom is -0.428 e. The molecule has 0 aliphatic heterocycles. The minimum atomic E-state index is -1.74. The standard InChI is InChI=1S/C49H74N8O9/c1-9-35(10-2)30-57(24-25-58)31-43(59)52-39(23-22-36-18-14-12-15-19-36)45(61)54-41(27-34(6)7)46(62)55-42(28-37-20-16-13-17-21-37)47(63)53-40(26-33(4)5)44(60)49(8,11-3)66-48(64)65-32-38(29-50)56-51/h9,12-21,29,33-34,39-42,51,58H,10-11,22-28,30-32,50H2,1-8H3,(H,52,59)(H,53,63)(H,54,61)(H,55,62)/b35-9-,38-29-,56-51?/t39-,40-,41-,42-,49?/m0/s1. The highest BCUT2D eigenvalue weighted by Crippen LogP contribution is 2.23. The van der Waals surface area contributed by atoms with Gasteiger partial charge in [-0.05, 0) is 75.3 Å². The van der Waals surface area contributed by atoms with Crippen LogP contribution in [-0.2, 0) is 46.3 Å². The lowest BCUT2D eigenvalue weighted by Gasteiger charge is -2.32. The Labute approximate surface area is 390 Å². The van der Waals surface area contributed by atoms with Gasteiger partial charge in [-0.25, -0.2) is 10.3 Å². The fraction of sp³-hybridized carbons (Fsp3) is 0.551. The molecule has 0 saturated carbocycles. The van der Waals surface area contributed by atoms with Crippen molar-refractivity contribution in [1.82, 2.24) is 26.2 Å². The van der Waals surface area contributed by atoms with Crippen LogP contribution in [0.25, 0.3) is 0 Å². The lowest BCUT2D eigenvalue weighted by Crippen LogP contribution is -2.60. The molecule has 5 atom stereocenters. The highest BCUT2D eigenvalue weighted by molar-refractivity contribution is 5.98. The van der Waals surface area contributed by atoms with Crippen molar-refractivity contribution in [3.8, 4) is 0 Å². The Morgan fingerprint density at radius 3 is 1.88 bits per heavy atom. The number of carbonyl (C=O) groups is 6. The van der Waals surface area contributed by atoms with Crippen molar-refractivity contribution in [2.45, 2.75) is 130 Å². The first-order valence-electron chi connectivity index (χ1n) is 22.9. The first-order chi connectivity index (χ1) is 31.4. The summed E-state index contributed by atoms with van der Waals surface area (Å²) in [6.45, 7) is 14.6. The third-order valence-electron chi connectivity index (χ3n) is 11.1. The monoisotopic (exact) mass is 919 g/mol. The number of aliphatic hydroxyl groups excluding tert-OH is 1. The summed E-state index contributed by atoms with van der Waals surface area (Å²) in [4.78, 5) is 85.4. The Bertz CT molecular complexity index is 1930. The van der Waals surface area contributed by atoms with Crippen molar-refractivity contribution in [2.75, 3.05) is 32.8 Å². The zero-order valence-corrected chi connectivity index (χ0v) is 40.1. The van der Waals surface area contributed by atoms with Crippen LogP contribution < -0.4 is 27.0 Å². The number of aliphatic hydroxyl groups is 1. The first-order valence-corrected chi connectivity index (χ1v) is 22.9. The number of ether oxygens (including phenoxy) is 2. The van der Waals surface area contributed by atoms with Crippen LogP contribution in [-0.4, -0.2) is 108 Å². The molecule has 0 aliphatic rings. The molecule has 364 valence electrons. The highest BCUT2D eigenvalue weighted by Gasteiger charge is 2.42. The lowest BCUT2D eigenvalue weighted by atomic mass is 9.87. The second-order valence-electron chi connectivity index (χ2n) is 17.4. The number of aryl methyl sites for hydroxylation is 1. The van der Waals surface area contributed by atoms with E-state index in [1.54, 1.807) is 31.2 Å². The van der Waals surface area contributed by atoms with Gasteiger partial charge in [0, 0.05) is 25.7 Å². The van der Waals surface area contributed by atoms with E-state index in [0.29, 0.717) is 18.5 Å². The first kappa shape index (κ1) is 56.2. The van der Waals surface area contributed by atoms with E-state index in [0.717, 1.165) is 23.8 Å². The third kappa shape index (κ3) is 20.1. The van der Waals surface area contributed by atoms with Crippen LogP contribution in [0.3, 0.4) is 0 Å². The average Bonchev–Trinajstić information content (AvgIpc) is 3.29. The molecular weight excluding hydrogens is 845 g/mol. The molecule has 0 aromatic heterocycles. The number of nitrogens with one attached hydrogen (secondary N) is 5. The molecule has 2 rings (SSSR count). The van der Waals surface area contributed by atoms with E-state index in [1.165, 1.54) is 6.92 Å². The molecule has 66 heavy (non-hydrogen) atoms. The number of benzene rings is 2. The van der Waals surface area contributed by atoms with Crippen molar-refractivity contribution in [1.29, 1.82) is 5.53 Å². The summed E-state index contributed by atoms with van der Waals surface area (Å²) < 4.78 is 10.6. The fourth-order valence-corrected chi connectivity index (χ4v) is 7.13. The second-order valence-corrected chi connectivity index (χ2v) is 17.4. The van der Waals surface area contributed by atoms with Crippen LogP contribution in [0, 0.1) is 17.4 Å². The van der Waals surface area contributed by atoms with E-state index < -0.39 is 71.9 Å². The molecular formula is C49H74N8O9. The smallest absolute Gasteiger partial charge is 0.428 e. The summed E-state index contributed by atoms with van der Waals surface area (Å²) in [7, 11) is 0. The summed E-state index contributed by atoms with van der Waals surface area (Å²) in [5, 5.41) is 24.4. The number of nitrogens with two attached hydrogens (primary N) is 1. The number of Topliss-reactive ketones (excluding diaryl/α,β-unsaturated/α-hetero) is 1. The number of rotatable bonds is 30. The van der Waals surface area contributed by atoms with Gasteiger partial charge in [0.1, 0.15) is 30.4 Å². The Kier molecular flexibility index (Phi) is 25.2.